The number of carboxylic acid groups (broad SMARTS) is 1. The molecule has 0 amide bonds. The molecule has 0 unspecified atom stereocenters. The zero-order valence-corrected chi connectivity index (χ0v) is 16.4. The van der Waals surface area contributed by atoms with Crippen LogP contribution >= 0.6 is 0 Å². The summed E-state index contributed by atoms with van der Waals surface area (Å²) in [5.41, 5.74) is 1.59. The number of aromatic amines is 1. The number of ether oxygens (including phenoxy) is 2. The number of nitro groups is 1. The maximum atomic E-state index is 12.1. The highest BCUT2D eigenvalue weighted by Crippen LogP contribution is 2.36. The van der Waals surface area contributed by atoms with Crippen molar-refractivity contribution in [3.05, 3.63) is 64.2 Å². The van der Waals surface area contributed by atoms with Crippen molar-refractivity contribution in [2.45, 2.75) is 0 Å². The predicted molar refractivity (Wildman–Crippen MR) is 111 cm³/mol. The van der Waals surface area contributed by atoms with Crippen LogP contribution in [-0.4, -0.2) is 45.4 Å². The maximum absolute atomic E-state index is 12.1. The van der Waals surface area contributed by atoms with Gasteiger partial charge in [0.25, 0.3) is 5.69 Å². The Morgan fingerprint density at radius 1 is 1.13 bits per heavy atom. The van der Waals surface area contributed by atoms with Crippen LogP contribution in [0.2, 0.25) is 0 Å². The van der Waals surface area contributed by atoms with E-state index in [1.165, 1.54) is 38.5 Å². The SMILES string of the molecule is COc1ccc(OC)c(-c2cc(C(=O)O)c3c(-c4cccc([N+](=O)[O-])c4)[nH]nc3n2)c1. The molecule has 2 aromatic heterocycles. The molecule has 31 heavy (non-hydrogen) atoms. The van der Waals surface area contributed by atoms with Crippen molar-refractivity contribution in [2.75, 3.05) is 14.2 Å². The number of non-ortho nitro benzene ring substituents is 1. The molecule has 0 aliphatic carbocycles. The van der Waals surface area contributed by atoms with Crippen LogP contribution < -0.4 is 9.47 Å². The van der Waals surface area contributed by atoms with Gasteiger partial charge in [0.05, 0.1) is 41.5 Å². The predicted octanol–water partition coefficient (Wildman–Crippen LogP) is 3.92. The number of benzene rings is 2. The number of fused-ring (bicyclic) bond motifs is 1. The molecule has 10 nitrogen and oxygen atoms in total. The van der Waals surface area contributed by atoms with Crippen LogP contribution in [-0.2, 0) is 0 Å². The molecule has 2 heterocycles. The highest BCUT2D eigenvalue weighted by atomic mass is 16.6. The van der Waals surface area contributed by atoms with Gasteiger partial charge in [0.1, 0.15) is 11.5 Å². The van der Waals surface area contributed by atoms with Gasteiger partial charge in [-0.3, -0.25) is 15.2 Å². The number of nitrogens with one attached hydrogen (secondary N) is 1. The Morgan fingerprint density at radius 3 is 2.61 bits per heavy atom. The Hall–Kier alpha value is -4.47. The van der Waals surface area contributed by atoms with Crippen molar-refractivity contribution in [3.63, 3.8) is 0 Å². The summed E-state index contributed by atoms with van der Waals surface area (Å²) in [6.45, 7) is 0. The molecule has 0 fully saturated rings. The van der Waals surface area contributed by atoms with Crippen molar-refractivity contribution in [1.29, 1.82) is 0 Å². The molecule has 0 saturated heterocycles. The van der Waals surface area contributed by atoms with Crippen LogP contribution in [0.15, 0.2) is 48.5 Å². The van der Waals surface area contributed by atoms with Crippen LogP contribution in [0.3, 0.4) is 0 Å². The van der Waals surface area contributed by atoms with Crippen molar-refractivity contribution in [1.82, 2.24) is 15.2 Å². The molecular weight excluding hydrogens is 404 g/mol. The van der Waals surface area contributed by atoms with Crippen molar-refractivity contribution in [3.8, 4) is 34.0 Å². The molecule has 0 saturated carbocycles. The molecule has 0 spiro atoms. The summed E-state index contributed by atoms with van der Waals surface area (Å²) < 4.78 is 10.6. The third kappa shape index (κ3) is 3.50. The normalized spacial score (nSPS) is 10.8. The minimum Gasteiger partial charge on any atom is -0.497 e. The van der Waals surface area contributed by atoms with E-state index < -0.39 is 10.9 Å². The van der Waals surface area contributed by atoms with Gasteiger partial charge in [0.2, 0.25) is 0 Å². The average molecular weight is 420 g/mol. The molecule has 10 heteroatoms. The molecule has 2 N–H and O–H groups in total. The first-order valence-electron chi connectivity index (χ1n) is 9.02. The van der Waals surface area contributed by atoms with E-state index in [-0.39, 0.29) is 22.3 Å². The summed E-state index contributed by atoms with van der Waals surface area (Å²) in [5.74, 6) is -0.157. The van der Waals surface area contributed by atoms with Gasteiger partial charge in [-0.2, -0.15) is 5.10 Å². The van der Waals surface area contributed by atoms with E-state index in [0.29, 0.717) is 34.0 Å². The lowest BCUT2D eigenvalue weighted by molar-refractivity contribution is -0.384. The van der Waals surface area contributed by atoms with Gasteiger partial charge in [-0.25, -0.2) is 9.78 Å². The lowest BCUT2D eigenvalue weighted by atomic mass is 10.0. The largest absolute Gasteiger partial charge is 0.497 e. The Kier molecular flexibility index (Phi) is 4.96. The number of H-pyrrole nitrogens is 1. The third-order valence-corrected chi connectivity index (χ3v) is 4.78. The molecule has 4 rings (SSSR count). The Morgan fingerprint density at radius 2 is 1.94 bits per heavy atom. The van der Waals surface area contributed by atoms with Crippen molar-refractivity contribution < 1.29 is 24.3 Å². The van der Waals surface area contributed by atoms with Gasteiger partial charge < -0.3 is 14.6 Å². The minimum absolute atomic E-state index is 0.0554. The van der Waals surface area contributed by atoms with Crippen LogP contribution in [0, 0.1) is 10.1 Å². The van der Waals surface area contributed by atoms with E-state index >= 15 is 0 Å². The lowest BCUT2D eigenvalue weighted by Crippen LogP contribution is -2.01. The molecular formula is C21H16N4O6. The monoisotopic (exact) mass is 420 g/mol. The Labute approximate surface area is 175 Å². The molecule has 0 radical (unpaired) electrons. The van der Waals surface area contributed by atoms with E-state index in [0.717, 1.165) is 0 Å². The zero-order chi connectivity index (χ0) is 22.1. The van der Waals surface area contributed by atoms with E-state index in [4.69, 9.17) is 9.47 Å². The second-order valence-electron chi connectivity index (χ2n) is 6.53. The number of nitro benzene ring substituents is 1. The van der Waals surface area contributed by atoms with E-state index in [1.807, 2.05) is 0 Å². The van der Waals surface area contributed by atoms with Crippen LogP contribution in [0.4, 0.5) is 5.69 Å². The number of nitrogens with zero attached hydrogens (tertiary/aromatic N) is 3. The van der Waals surface area contributed by atoms with E-state index in [2.05, 4.69) is 15.2 Å². The topological polar surface area (TPSA) is 140 Å². The number of hydrogen-bond acceptors (Lipinski definition) is 7. The number of aromatic carboxylic acids is 1. The van der Waals surface area contributed by atoms with Crippen LogP contribution in [0.5, 0.6) is 11.5 Å². The molecule has 0 aliphatic heterocycles. The molecule has 2 aromatic carbocycles. The number of methoxy groups -OCH3 is 2. The standard InChI is InChI=1S/C21H16N4O6/c1-30-13-6-7-17(31-2)14(9-13)16-10-15(21(26)27)18-19(23-24-20(18)22-16)11-4-3-5-12(8-11)25(28)29/h3-10H,1-2H3,(H,26,27)(H,22,23,24). The summed E-state index contributed by atoms with van der Waals surface area (Å²) >= 11 is 0. The summed E-state index contributed by atoms with van der Waals surface area (Å²) in [6, 6.07) is 12.4. The second-order valence-corrected chi connectivity index (χ2v) is 6.53. The number of rotatable bonds is 6. The minimum atomic E-state index is -1.19. The zero-order valence-electron chi connectivity index (χ0n) is 16.4. The van der Waals surface area contributed by atoms with E-state index in [9.17, 15) is 20.0 Å². The second kappa shape index (κ2) is 7.75. The first kappa shape index (κ1) is 19.8. The fourth-order valence-electron chi connectivity index (χ4n) is 3.33. The van der Waals surface area contributed by atoms with Gasteiger partial charge in [-0.1, -0.05) is 12.1 Å². The van der Waals surface area contributed by atoms with Crippen molar-refractivity contribution in [2.24, 2.45) is 0 Å². The first-order valence-corrected chi connectivity index (χ1v) is 9.02. The van der Waals surface area contributed by atoms with E-state index in [1.54, 1.807) is 24.3 Å². The Bertz CT molecular complexity index is 1330. The number of hydrogen-bond donors (Lipinski definition) is 2. The average Bonchev–Trinajstić information content (AvgIpc) is 3.22. The number of pyridine rings is 1. The quantitative estimate of drug-likeness (QED) is 0.353. The fourth-order valence-corrected chi connectivity index (χ4v) is 3.33. The molecule has 156 valence electrons. The lowest BCUT2D eigenvalue weighted by Gasteiger charge is -2.11. The van der Waals surface area contributed by atoms with Crippen LogP contribution in [0.25, 0.3) is 33.5 Å². The van der Waals surface area contributed by atoms with Gasteiger partial charge in [0, 0.05) is 23.3 Å². The summed E-state index contributed by atoms with van der Waals surface area (Å²) in [7, 11) is 3.01. The smallest absolute Gasteiger partial charge is 0.336 e. The molecule has 0 atom stereocenters. The third-order valence-electron chi connectivity index (χ3n) is 4.78. The number of carbonyl (C=O) groups is 1. The van der Waals surface area contributed by atoms with Gasteiger partial charge >= 0.3 is 5.97 Å². The van der Waals surface area contributed by atoms with Gasteiger partial charge in [-0.05, 0) is 24.3 Å². The van der Waals surface area contributed by atoms with Crippen molar-refractivity contribution >= 4 is 22.7 Å². The van der Waals surface area contributed by atoms with Gasteiger partial charge in [0.15, 0.2) is 5.65 Å². The van der Waals surface area contributed by atoms with Crippen LogP contribution in [0.1, 0.15) is 10.4 Å². The Balaban J connectivity index is 1.96. The molecule has 0 aliphatic rings. The maximum Gasteiger partial charge on any atom is 0.336 e. The first-order chi connectivity index (χ1) is 14.9. The summed E-state index contributed by atoms with van der Waals surface area (Å²) in [4.78, 5) is 27.2. The number of carboxylic acids is 1. The summed E-state index contributed by atoms with van der Waals surface area (Å²) in [6.07, 6.45) is 0. The summed E-state index contributed by atoms with van der Waals surface area (Å²) in [5, 5.41) is 28.2. The number of aromatic nitrogens is 3. The highest BCUT2D eigenvalue weighted by Gasteiger charge is 2.22. The fraction of sp³-hybridized carbons (Fsp3) is 0.0952. The highest BCUT2D eigenvalue weighted by molar-refractivity contribution is 6.08. The molecule has 4 aromatic rings. The molecule has 0 bridgehead atoms. The van der Waals surface area contributed by atoms with Gasteiger partial charge in [-0.15, -0.1) is 0 Å².